The van der Waals surface area contributed by atoms with Gasteiger partial charge in [-0.05, 0) is 23.8 Å². The quantitative estimate of drug-likeness (QED) is 0.600. The summed E-state index contributed by atoms with van der Waals surface area (Å²) in [5.74, 6) is -1.61. The molecule has 1 amide bonds. The Bertz CT molecular complexity index is 942. The van der Waals surface area contributed by atoms with Crippen molar-refractivity contribution in [3.05, 3.63) is 60.2 Å². The van der Waals surface area contributed by atoms with Crippen molar-refractivity contribution in [1.29, 1.82) is 0 Å². The Balaban J connectivity index is 1.98. The molecule has 0 radical (unpaired) electrons. The van der Waals surface area contributed by atoms with Crippen LogP contribution in [0.2, 0.25) is 0 Å². The zero-order chi connectivity index (χ0) is 21.4. The van der Waals surface area contributed by atoms with E-state index in [4.69, 9.17) is 4.74 Å². The zero-order valence-electron chi connectivity index (χ0n) is 16.2. The lowest BCUT2D eigenvalue weighted by atomic mass is 10.1. The number of carbonyl (C=O) groups is 2. The van der Waals surface area contributed by atoms with Crippen LogP contribution in [0.4, 0.5) is 5.69 Å². The first-order chi connectivity index (χ1) is 13.8. The maximum absolute atomic E-state index is 12.6. The van der Waals surface area contributed by atoms with E-state index in [0.717, 1.165) is 0 Å². The van der Waals surface area contributed by atoms with Crippen molar-refractivity contribution >= 4 is 27.6 Å². The topological polar surface area (TPSA) is 113 Å². The van der Waals surface area contributed by atoms with Crippen LogP contribution in [0, 0.1) is 0 Å². The second-order valence-electron chi connectivity index (χ2n) is 6.09. The van der Waals surface area contributed by atoms with Gasteiger partial charge in [0.2, 0.25) is 10.0 Å². The van der Waals surface area contributed by atoms with Crippen LogP contribution in [0.25, 0.3) is 0 Å². The average molecular weight is 420 g/mol. The molecular weight excluding hydrogens is 396 g/mol. The molecule has 0 aliphatic heterocycles. The van der Waals surface area contributed by atoms with Crippen molar-refractivity contribution < 1.29 is 27.9 Å². The molecule has 2 N–H and O–H groups in total. The third-order valence-electron chi connectivity index (χ3n) is 4.15. The normalized spacial score (nSPS) is 12.4. The largest absolute Gasteiger partial charge is 0.453 e. The highest BCUT2D eigenvalue weighted by Gasteiger charge is 2.22. The predicted molar refractivity (Wildman–Crippen MR) is 108 cm³/mol. The van der Waals surface area contributed by atoms with E-state index in [9.17, 15) is 23.1 Å². The maximum Gasteiger partial charge on any atom is 0.340 e. The van der Waals surface area contributed by atoms with Crippen LogP contribution >= 0.6 is 0 Å². The number of aliphatic hydroxyl groups excluding tert-OH is 1. The number of amides is 1. The third kappa shape index (κ3) is 5.86. The fraction of sp³-hybridized carbons (Fsp3) is 0.300. The van der Waals surface area contributed by atoms with Crippen LogP contribution < -0.4 is 5.32 Å². The summed E-state index contributed by atoms with van der Waals surface area (Å²) in [6, 6.07) is 14.0. The summed E-state index contributed by atoms with van der Waals surface area (Å²) in [7, 11) is -3.66. The lowest BCUT2D eigenvalue weighted by Crippen LogP contribution is -2.30. The molecule has 0 fully saturated rings. The van der Waals surface area contributed by atoms with Gasteiger partial charge in [0.05, 0.1) is 4.90 Å². The number of hydrogen-bond donors (Lipinski definition) is 2. The van der Waals surface area contributed by atoms with Crippen molar-refractivity contribution in [1.82, 2.24) is 4.31 Å². The summed E-state index contributed by atoms with van der Waals surface area (Å²) in [5.41, 5.74) is 0.607. The number of nitrogens with one attached hydrogen (secondary N) is 1. The Morgan fingerprint density at radius 1 is 1.07 bits per heavy atom. The summed E-state index contributed by atoms with van der Waals surface area (Å²) < 4.78 is 31.3. The first kappa shape index (κ1) is 22.5. The smallest absolute Gasteiger partial charge is 0.340 e. The molecule has 2 aromatic rings. The molecule has 0 aromatic heterocycles. The van der Waals surface area contributed by atoms with Gasteiger partial charge in [0.1, 0.15) is 0 Å². The number of ether oxygens (including phenoxy) is 1. The molecule has 0 aliphatic carbocycles. The van der Waals surface area contributed by atoms with E-state index in [1.807, 2.05) is 0 Å². The van der Waals surface area contributed by atoms with E-state index >= 15 is 0 Å². The minimum absolute atomic E-state index is 0.0514. The Morgan fingerprint density at radius 2 is 1.72 bits per heavy atom. The van der Waals surface area contributed by atoms with Crippen molar-refractivity contribution in [3.63, 3.8) is 0 Å². The van der Waals surface area contributed by atoms with Gasteiger partial charge < -0.3 is 15.2 Å². The molecule has 0 heterocycles. The standard InChI is InChI=1S/C20H24N2O6S/c1-3-22(4-2)29(26,27)17-12-8-11-16(13-17)21-18(23)14-28-20(25)19(24)15-9-6-5-7-10-15/h5-13,19,24H,3-4,14H2,1-2H3,(H,21,23)/t19-/m1/s1. The van der Waals surface area contributed by atoms with Gasteiger partial charge in [0.15, 0.2) is 12.7 Å². The van der Waals surface area contributed by atoms with E-state index in [-0.39, 0.29) is 10.6 Å². The first-order valence-corrected chi connectivity index (χ1v) is 10.5. The predicted octanol–water partition coefficient (Wildman–Crippen LogP) is 1.93. The van der Waals surface area contributed by atoms with Crippen LogP contribution in [-0.2, 0) is 24.3 Å². The molecule has 0 bridgehead atoms. The second-order valence-corrected chi connectivity index (χ2v) is 8.02. The number of nitrogens with zero attached hydrogens (tertiary/aromatic N) is 1. The number of anilines is 1. The number of esters is 1. The number of hydrogen-bond acceptors (Lipinski definition) is 6. The summed E-state index contributed by atoms with van der Waals surface area (Å²) in [6.45, 7) is 3.52. The Hall–Kier alpha value is -2.75. The molecule has 29 heavy (non-hydrogen) atoms. The van der Waals surface area contributed by atoms with Crippen LogP contribution in [0.15, 0.2) is 59.5 Å². The van der Waals surface area contributed by atoms with Gasteiger partial charge >= 0.3 is 5.97 Å². The monoisotopic (exact) mass is 420 g/mol. The highest BCUT2D eigenvalue weighted by atomic mass is 32.2. The lowest BCUT2D eigenvalue weighted by molar-refractivity contribution is -0.156. The molecule has 2 aromatic carbocycles. The SMILES string of the molecule is CCN(CC)S(=O)(=O)c1cccc(NC(=O)COC(=O)[C@H](O)c2ccccc2)c1. The van der Waals surface area contributed by atoms with Crippen LogP contribution in [0.5, 0.6) is 0 Å². The van der Waals surface area contributed by atoms with E-state index in [1.165, 1.54) is 28.6 Å². The van der Waals surface area contributed by atoms with Crippen molar-refractivity contribution in [3.8, 4) is 0 Å². The Labute approximate surface area is 170 Å². The van der Waals surface area contributed by atoms with Crippen molar-refractivity contribution in [2.45, 2.75) is 24.8 Å². The summed E-state index contributed by atoms with van der Waals surface area (Å²) in [5, 5.41) is 12.4. The molecule has 0 spiro atoms. The van der Waals surface area contributed by atoms with Crippen molar-refractivity contribution in [2.24, 2.45) is 0 Å². The van der Waals surface area contributed by atoms with Gasteiger partial charge in [-0.3, -0.25) is 4.79 Å². The van der Waals surface area contributed by atoms with E-state index in [0.29, 0.717) is 18.7 Å². The number of rotatable bonds is 9. The second kappa shape index (κ2) is 10.1. The molecule has 156 valence electrons. The van der Waals surface area contributed by atoms with Gasteiger partial charge in [-0.2, -0.15) is 4.31 Å². The van der Waals surface area contributed by atoms with Crippen LogP contribution in [0.3, 0.4) is 0 Å². The fourth-order valence-electron chi connectivity index (χ4n) is 2.63. The number of aliphatic hydroxyl groups is 1. The molecule has 0 saturated heterocycles. The van der Waals surface area contributed by atoms with Gasteiger partial charge in [0.25, 0.3) is 5.91 Å². The van der Waals surface area contributed by atoms with Gasteiger partial charge in [-0.25, -0.2) is 13.2 Å². The van der Waals surface area contributed by atoms with E-state index in [2.05, 4.69) is 5.32 Å². The summed E-state index contributed by atoms with van der Waals surface area (Å²) in [6.07, 6.45) is -1.49. The van der Waals surface area contributed by atoms with E-state index in [1.54, 1.807) is 44.2 Å². The number of carbonyl (C=O) groups excluding carboxylic acids is 2. The van der Waals surface area contributed by atoms with Gasteiger partial charge in [-0.1, -0.05) is 50.2 Å². The van der Waals surface area contributed by atoms with Gasteiger partial charge in [-0.15, -0.1) is 0 Å². The molecule has 0 unspecified atom stereocenters. The minimum atomic E-state index is -3.66. The maximum atomic E-state index is 12.6. The van der Waals surface area contributed by atoms with E-state index < -0.39 is 34.6 Å². The Morgan fingerprint density at radius 3 is 2.34 bits per heavy atom. The summed E-state index contributed by atoms with van der Waals surface area (Å²) >= 11 is 0. The molecular formula is C20H24N2O6S. The molecule has 8 nitrogen and oxygen atoms in total. The molecule has 9 heteroatoms. The first-order valence-electron chi connectivity index (χ1n) is 9.09. The lowest BCUT2D eigenvalue weighted by Gasteiger charge is -2.18. The number of sulfonamides is 1. The third-order valence-corrected chi connectivity index (χ3v) is 6.19. The molecule has 0 aliphatic rings. The zero-order valence-corrected chi connectivity index (χ0v) is 17.1. The molecule has 2 rings (SSSR count). The molecule has 0 saturated carbocycles. The van der Waals surface area contributed by atoms with Crippen molar-refractivity contribution in [2.75, 3.05) is 25.0 Å². The highest BCUT2D eigenvalue weighted by molar-refractivity contribution is 7.89. The highest BCUT2D eigenvalue weighted by Crippen LogP contribution is 2.19. The summed E-state index contributed by atoms with van der Waals surface area (Å²) in [4.78, 5) is 24.0. The fourth-order valence-corrected chi connectivity index (χ4v) is 4.14. The van der Waals surface area contributed by atoms with Crippen LogP contribution in [-0.4, -0.2) is 49.4 Å². The average Bonchev–Trinajstić information content (AvgIpc) is 2.73. The molecule has 1 atom stereocenters. The van der Waals surface area contributed by atoms with Gasteiger partial charge in [0, 0.05) is 18.8 Å². The van der Waals surface area contributed by atoms with Crippen LogP contribution in [0.1, 0.15) is 25.5 Å². The minimum Gasteiger partial charge on any atom is -0.453 e. The number of benzene rings is 2. The Kier molecular flexibility index (Phi) is 7.89.